The molecule has 0 unspecified atom stereocenters. The molecule has 0 bridgehead atoms. The Morgan fingerprint density at radius 1 is 0.958 bits per heavy atom. The van der Waals surface area contributed by atoms with E-state index in [2.05, 4.69) is 13.0 Å². The molecule has 2 aromatic rings. The number of nitrogens with zero attached hydrogens (tertiary/aromatic N) is 1. The Balaban J connectivity index is 1.64. The van der Waals surface area contributed by atoms with Gasteiger partial charge >= 0.3 is 5.97 Å². The monoisotopic (exact) mass is 319 g/mol. The van der Waals surface area contributed by atoms with Crippen LogP contribution in [0.5, 0.6) is 5.75 Å². The Labute approximate surface area is 142 Å². The number of carbonyl (C=O) groups is 1. The molecule has 0 atom stereocenters. The highest BCUT2D eigenvalue weighted by Gasteiger charge is 2.25. The van der Waals surface area contributed by atoms with Crippen molar-refractivity contribution >= 4 is 5.97 Å². The quantitative estimate of drug-likeness (QED) is 0.593. The number of ether oxygens (including phenoxy) is 1. The van der Waals surface area contributed by atoms with Gasteiger partial charge < -0.3 is 4.74 Å². The lowest BCUT2D eigenvalue weighted by atomic mass is 9.83. The van der Waals surface area contributed by atoms with Crippen molar-refractivity contribution in [1.82, 2.24) is 0 Å². The van der Waals surface area contributed by atoms with Crippen LogP contribution >= 0.6 is 0 Å². The Hall–Kier alpha value is -2.60. The summed E-state index contributed by atoms with van der Waals surface area (Å²) in [4.78, 5) is 12.2. The molecule has 3 nitrogen and oxygen atoms in total. The molecular formula is C21H21NO2. The number of rotatable bonds is 3. The van der Waals surface area contributed by atoms with Crippen LogP contribution < -0.4 is 4.74 Å². The summed E-state index contributed by atoms with van der Waals surface area (Å²) in [5.74, 6) is 1.25. The highest BCUT2D eigenvalue weighted by atomic mass is 16.5. The van der Waals surface area contributed by atoms with Gasteiger partial charge in [-0.05, 0) is 67.0 Å². The number of hydrogen-bond acceptors (Lipinski definition) is 3. The molecule has 3 rings (SSSR count). The topological polar surface area (TPSA) is 50.1 Å². The van der Waals surface area contributed by atoms with Gasteiger partial charge in [-0.3, -0.25) is 4.79 Å². The average molecular weight is 319 g/mol. The molecule has 0 aliphatic heterocycles. The zero-order valence-corrected chi connectivity index (χ0v) is 13.9. The maximum absolute atomic E-state index is 12.2. The van der Waals surface area contributed by atoms with Gasteiger partial charge in [-0.25, -0.2) is 0 Å². The first-order chi connectivity index (χ1) is 11.7. The van der Waals surface area contributed by atoms with E-state index in [-0.39, 0.29) is 11.9 Å². The first-order valence-corrected chi connectivity index (χ1v) is 8.48. The van der Waals surface area contributed by atoms with Gasteiger partial charge in [0.05, 0.1) is 17.6 Å². The number of benzene rings is 2. The molecule has 0 aromatic heterocycles. The lowest BCUT2D eigenvalue weighted by Gasteiger charge is -2.24. The normalized spacial score (nSPS) is 20.2. The molecule has 0 spiro atoms. The smallest absolute Gasteiger partial charge is 0.314 e. The van der Waals surface area contributed by atoms with Crippen LogP contribution in [0.15, 0.2) is 48.5 Å². The fraction of sp³-hybridized carbons (Fsp3) is 0.333. The Kier molecular flexibility index (Phi) is 4.96. The minimum Gasteiger partial charge on any atom is -0.426 e. The second-order valence-electron chi connectivity index (χ2n) is 6.59. The predicted octanol–water partition coefficient (Wildman–Crippen LogP) is 4.96. The molecule has 122 valence electrons. The molecule has 2 aromatic carbocycles. The Morgan fingerprint density at radius 3 is 2.04 bits per heavy atom. The maximum atomic E-state index is 12.2. The number of nitriles is 1. The molecule has 1 fully saturated rings. The third-order valence-electron chi connectivity index (χ3n) is 4.77. The van der Waals surface area contributed by atoms with E-state index in [9.17, 15) is 4.79 Å². The zero-order valence-electron chi connectivity index (χ0n) is 13.9. The van der Waals surface area contributed by atoms with Crippen molar-refractivity contribution in [3.05, 3.63) is 54.1 Å². The van der Waals surface area contributed by atoms with Gasteiger partial charge in [-0.2, -0.15) is 5.26 Å². The summed E-state index contributed by atoms with van der Waals surface area (Å²) in [6.07, 6.45) is 4.08. The molecule has 0 N–H and O–H groups in total. The van der Waals surface area contributed by atoms with E-state index >= 15 is 0 Å². The van der Waals surface area contributed by atoms with E-state index < -0.39 is 0 Å². The van der Waals surface area contributed by atoms with E-state index in [4.69, 9.17) is 10.00 Å². The second-order valence-corrected chi connectivity index (χ2v) is 6.59. The van der Waals surface area contributed by atoms with Gasteiger partial charge in [0.25, 0.3) is 0 Å². The van der Waals surface area contributed by atoms with Crippen LogP contribution in [0.4, 0.5) is 0 Å². The van der Waals surface area contributed by atoms with Crippen molar-refractivity contribution in [2.45, 2.75) is 32.6 Å². The molecule has 0 radical (unpaired) electrons. The molecule has 0 saturated heterocycles. The fourth-order valence-electron chi connectivity index (χ4n) is 3.15. The second kappa shape index (κ2) is 7.31. The molecule has 1 saturated carbocycles. The van der Waals surface area contributed by atoms with Gasteiger partial charge in [-0.15, -0.1) is 0 Å². The number of carbonyl (C=O) groups excluding carboxylic acids is 1. The van der Waals surface area contributed by atoms with Crippen molar-refractivity contribution in [3.8, 4) is 22.9 Å². The first-order valence-electron chi connectivity index (χ1n) is 8.48. The molecule has 0 amide bonds. The van der Waals surface area contributed by atoms with Crippen LogP contribution in [0, 0.1) is 23.2 Å². The van der Waals surface area contributed by atoms with Gasteiger partial charge in [0, 0.05) is 0 Å². The van der Waals surface area contributed by atoms with Crippen LogP contribution in [0.2, 0.25) is 0 Å². The largest absolute Gasteiger partial charge is 0.426 e. The Morgan fingerprint density at radius 2 is 1.50 bits per heavy atom. The van der Waals surface area contributed by atoms with Crippen LogP contribution in [0.1, 0.15) is 38.2 Å². The van der Waals surface area contributed by atoms with Gasteiger partial charge in [0.2, 0.25) is 0 Å². The van der Waals surface area contributed by atoms with Gasteiger partial charge in [0.15, 0.2) is 0 Å². The highest BCUT2D eigenvalue weighted by molar-refractivity contribution is 5.75. The first kappa shape index (κ1) is 16.3. The fourth-order valence-corrected chi connectivity index (χ4v) is 3.15. The van der Waals surface area contributed by atoms with Gasteiger partial charge in [-0.1, -0.05) is 31.2 Å². The molecule has 24 heavy (non-hydrogen) atoms. The summed E-state index contributed by atoms with van der Waals surface area (Å²) in [5.41, 5.74) is 2.71. The minimum absolute atomic E-state index is 0.0411. The van der Waals surface area contributed by atoms with Crippen molar-refractivity contribution in [1.29, 1.82) is 5.26 Å². The van der Waals surface area contributed by atoms with Crippen LogP contribution in [-0.2, 0) is 4.79 Å². The Bertz CT molecular complexity index is 733. The molecule has 0 heterocycles. The summed E-state index contributed by atoms with van der Waals surface area (Å²) in [5, 5.41) is 8.84. The molecule has 1 aliphatic carbocycles. The lowest BCUT2D eigenvalue weighted by Crippen LogP contribution is -2.24. The van der Waals surface area contributed by atoms with Crippen molar-refractivity contribution in [2.75, 3.05) is 0 Å². The number of esters is 1. The van der Waals surface area contributed by atoms with E-state index in [1.165, 1.54) is 0 Å². The third-order valence-corrected chi connectivity index (χ3v) is 4.77. The number of hydrogen-bond donors (Lipinski definition) is 0. The summed E-state index contributed by atoms with van der Waals surface area (Å²) in [6, 6.07) is 17.1. The van der Waals surface area contributed by atoms with Crippen LogP contribution in [0.25, 0.3) is 11.1 Å². The van der Waals surface area contributed by atoms with Crippen LogP contribution in [0.3, 0.4) is 0 Å². The molecular weight excluding hydrogens is 298 g/mol. The third kappa shape index (κ3) is 3.83. The van der Waals surface area contributed by atoms with Crippen molar-refractivity contribution in [3.63, 3.8) is 0 Å². The summed E-state index contributed by atoms with van der Waals surface area (Å²) in [7, 11) is 0. The van der Waals surface area contributed by atoms with E-state index in [1.54, 1.807) is 12.1 Å². The maximum Gasteiger partial charge on any atom is 0.314 e. The SMILES string of the molecule is CC1CCC(C(=O)Oc2ccc(-c3ccc(C#N)cc3)cc2)CC1. The van der Waals surface area contributed by atoms with E-state index in [1.807, 2.05) is 36.4 Å². The summed E-state index contributed by atoms with van der Waals surface area (Å²) in [6.45, 7) is 2.24. The highest BCUT2D eigenvalue weighted by Crippen LogP contribution is 2.30. The standard InChI is InChI=1S/C21H21NO2/c1-15-2-6-19(7-3-15)21(23)24-20-12-10-18(11-13-20)17-8-4-16(14-22)5-9-17/h4-5,8-13,15,19H,2-3,6-7H2,1H3. The predicted molar refractivity (Wildman–Crippen MR) is 93.4 cm³/mol. The van der Waals surface area contributed by atoms with Crippen LogP contribution in [-0.4, -0.2) is 5.97 Å². The average Bonchev–Trinajstić information content (AvgIpc) is 2.63. The van der Waals surface area contributed by atoms with Gasteiger partial charge in [0.1, 0.15) is 5.75 Å². The van der Waals surface area contributed by atoms with E-state index in [0.717, 1.165) is 42.7 Å². The van der Waals surface area contributed by atoms with Crippen molar-refractivity contribution in [2.24, 2.45) is 11.8 Å². The van der Waals surface area contributed by atoms with Crippen molar-refractivity contribution < 1.29 is 9.53 Å². The zero-order chi connectivity index (χ0) is 16.9. The summed E-state index contributed by atoms with van der Waals surface area (Å²) < 4.78 is 5.53. The lowest BCUT2D eigenvalue weighted by molar-refractivity contribution is -0.140. The molecule has 3 heteroatoms. The summed E-state index contributed by atoms with van der Waals surface area (Å²) >= 11 is 0. The molecule has 1 aliphatic rings. The van der Waals surface area contributed by atoms with E-state index in [0.29, 0.717) is 11.3 Å². The minimum atomic E-state index is -0.104.